The minimum atomic E-state index is -1.65. The van der Waals surface area contributed by atoms with Gasteiger partial charge in [0.15, 0.2) is 11.5 Å². The molecule has 176 valence electrons. The van der Waals surface area contributed by atoms with E-state index in [0.717, 1.165) is 12.8 Å². The van der Waals surface area contributed by atoms with Gasteiger partial charge in [0.05, 0.1) is 25.6 Å². The van der Waals surface area contributed by atoms with E-state index in [9.17, 15) is 4.79 Å². The fraction of sp³-hybridized carbons (Fsp3) is 0.429. The minimum Gasteiger partial charge on any atom is -0.468 e. The van der Waals surface area contributed by atoms with E-state index < -0.39 is 20.5 Å². The third-order valence-electron chi connectivity index (χ3n) is 5.30. The third kappa shape index (κ3) is 5.39. The highest BCUT2D eigenvalue weighted by Crippen LogP contribution is 2.41. The number of para-hydroxylation sites is 1. The van der Waals surface area contributed by atoms with Gasteiger partial charge in [0.25, 0.3) is 0 Å². The predicted molar refractivity (Wildman–Crippen MR) is 122 cm³/mol. The molecule has 1 aliphatic heterocycles. The zero-order chi connectivity index (χ0) is 23.4. The molecule has 5 atom stereocenters. The number of methoxy groups -OCH3 is 1. The molecule has 0 saturated carbocycles. The Morgan fingerprint density at radius 3 is 2.79 bits per heavy atom. The Morgan fingerprint density at radius 2 is 2.03 bits per heavy atom. The van der Waals surface area contributed by atoms with Gasteiger partial charge in [-0.15, -0.1) is 0 Å². The lowest BCUT2D eigenvalue weighted by Crippen LogP contribution is -2.35. The Balaban J connectivity index is 1.43. The Morgan fingerprint density at radius 1 is 1.24 bits per heavy atom. The van der Waals surface area contributed by atoms with Crippen LogP contribution >= 0.6 is 8.53 Å². The van der Waals surface area contributed by atoms with Gasteiger partial charge < -0.3 is 24.3 Å². The number of benzene rings is 1. The predicted octanol–water partition coefficient (Wildman–Crippen LogP) is 2.95. The first kappa shape index (κ1) is 23.3. The molecule has 3 aromatic rings. The zero-order valence-electron chi connectivity index (χ0n) is 18.6. The first-order valence-electron chi connectivity index (χ1n) is 10.6. The average Bonchev–Trinajstić information content (AvgIpc) is 3.47. The molecule has 0 bridgehead atoms. The van der Waals surface area contributed by atoms with Crippen molar-refractivity contribution in [3.63, 3.8) is 0 Å². The van der Waals surface area contributed by atoms with E-state index in [1.54, 1.807) is 13.3 Å². The molecule has 12 heteroatoms. The van der Waals surface area contributed by atoms with Gasteiger partial charge in [-0.05, 0) is 38.8 Å². The number of esters is 1. The number of nitrogens with zero attached hydrogens (tertiary/aromatic N) is 4. The molecule has 1 aliphatic rings. The molecule has 0 radical (unpaired) electrons. The molecular weight excluding hydrogens is 447 g/mol. The summed E-state index contributed by atoms with van der Waals surface area (Å²) in [5, 5.41) is 3.08. The van der Waals surface area contributed by atoms with Crippen molar-refractivity contribution in [1.29, 1.82) is 0 Å². The van der Waals surface area contributed by atoms with Crippen LogP contribution in [0.4, 0.5) is 5.82 Å². The number of carbonyl (C=O) groups is 1. The second kappa shape index (κ2) is 10.4. The van der Waals surface area contributed by atoms with Crippen LogP contribution in [-0.2, 0) is 18.8 Å². The van der Waals surface area contributed by atoms with Crippen LogP contribution in [0.2, 0.25) is 0 Å². The molecule has 4 rings (SSSR count). The van der Waals surface area contributed by atoms with Crippen LogP contribution in [0.25, 0.3) is 11.2 Å². The number of nitrogens with two attached hydrogens (primary N) is 1. The number of nitrogen functional groups attached to an aromatic ring is 1. The van der Waals surface area contributed by atoms with E-state index in [-0.39, 0.29) is 18.4 Å². The van der Waals surface area contributed by atoms with Crippen LogP contribution in [0.1, 0.15) is 32.9 Å². The van der Waals surface area contributed by atoms with E-state index in [1.807, 2.05) is 41.8 Å². The molecule has 11 nitrogen and oxygen atoms in total. The number of nitrogens with one attached hydrogen (secondary N) is 1. The van der Waals surface area contributed by atoms with Crippen molar-refractivity contribution in [3.8, 4) is 5.75 Å². The molecule has 3 N–H and O–H groups in total. The van der Waals surface area contributed by atoms with Crippen LogP contribution in [0.3, 0.4) is 0 Å². The average molecular weight is 474 g/mol. The van der Waals surface area contributed by atoms with E-state index in [2.05, 4.69) is 20.0 Å². The molecular formula is C21H27N6O5P. The normalized spacial score (nSPS) is 20.9. The highest BCUT2D eigenvalue weighted by Gasteiger charge is 2.35. The topological polar surface area (TPSA) is 136 Å². The molecule has 1 fully saturated rings. The summed E-state index contributed by atoms with van der Waals surface area (Å²) in [7, 11) is -0.307. The zero-order valence-corrected chi connectivity index (χ0v) is 19.5. The summed E-state index contributed by atoms with van der Waals surface area (Å²) in [6.07, 6.45) is 3.87. The number of hydrogen-bond donors (Lipinski definition) is 2. The molecule has 1 saturated heterocycles. The summed E-state index contributed by atoms with van der Waals surface area (Å²) in [5.41, 5.74) is 7.07. The van der Waals surface area contributed by atoms with Gasteiger partial charge in [-0.1, -0.05) is 18.2 Å². The molecule has 33 heavy (non-hydrogen) atoms. The van der Waals surface area contributed by atoms with Crippen LogP contribution in [0.15, 0.2) is 43.0 Å². The fourth-order valence-electron chi connectivity index (χ4n) is 3.54. The number of fused-ring (bicyclic) bond motifs is 1. The molecule has 5 unspecified atom stereocenters. The fourth-order valence-corrected chi connectivity index (χ4v) is 4.87. The highest BCUT2D eigenvalue weighted by molar-refractivity contribution is 7.45. The lowest BCUT2D eigenvalue weighted by Gasteiger charge is -2.27. The summed E-state index contributed by atoms with van der Waals surface area (Å²) in [5.74, 6) is 0.563. The number of hydrogen-bond acceptors (Lipinski definition) is 10. The van der Waals surface area contributed by atoms with E-state index >= 15 is 0 Å². The number of carbonyl (C=O) groups excluding carboxylic acids is 1. The van der Waals surface area contributed by atoms with Gasteiger partial charge in [0.1, 0.15) is 29.9 Å². The van der Waals surface area contributed by atoms with E-state index in [0.29, 0.717) is 22.7 Å². The quantitative estimate of drug-likeness (QED) is 0.352. The summed E-state index contributed by atoms with van der Waals surface area (Å²) < 4.78 is 25.2. The van der Waals surface area contributed by atoms with Gasteiger partial charge in [-0.3, -0.25) is 9.36 Å². The molecule has 0 aliphatic carbocycles. The number of aromatic nitrogens is 4. The molecule has 3 heterocycles. The lowest BCUT2D eigenvalue weighted by atomic mass is 10.1. The smallest absolute Gasteiger partial charge is 0.323 e. The van der Waals surface area contributed by atoms with Crippen molar-refractivity contribution in [2.75, 3.05) is 12.8 Å². The Bertz CT molecular complexity index is 1080. The number of rotatable bonds is 9. The van der Waals surface area contributed by atoms with E-state index in [4.69, 9.17) is 24.3 Å². The van der Waals surface area contributed by atoms with Gasteiger partial charge in [-0.25, -0.2) is 20.0 Å². The van der Waals surface area contributed by atoms with Gasteiger partial charge in [0.2, 0.25) is 0 Å². The van der Waals surface area contributed by atoms with Crippen LogP contribution in [0, 0.1) is 0 Å². The highest BCUT2D eigenvalue weighted by atomic mass is 31.2. The van der Waals surface area contributed by atoms with Crippen LogP contribution in [0.5, 0.6) is 5.75 Å². The first-order valence-corrected chi connectivity index (χ1v) is 11.8. The van der Waals surface area contributed by atoms with Crippen molar-refractivity contribution in [1.82, 2.24) is 24.6 Å². The minimum absolute atomic E-state index is 0.189. The molecule has 0 spiro atoms. The number of ether oxygens (including phenoxy) is 2. The van der Waals surface area contributed by atoms with Crippen molar-refractivity contribution in [2.24, 2.45) is 0 Å². The molecule has 1 aromatic carbocycles. The third-order valence-corrected chi connectivity index (χ3v) is 6.80. The van der Waals surface area contributed by atoms with Crippen LogP contribution < -0.4 is 15.3 Å². The van der Waals surface area contributed by atoms with Gasteiger partial charge in [0, 0.05) is 0 Å². The summed E-state index contributed by atoms with van der Waals surface area (Å²) in [6, 6.07) is 8.69. The Hall–Kier alpha value is -2.85. The SMILES string of the molecule is COC(=O)C(C)NP(Oc1ccccc1)OC(C)C1CCC(n2cnc3c(N)ncnc32)O1. The summed E-state index contributed by atoms with van der Waals surface area (Å²) in [6.45, 7) is 3.62. The monoisotopic (exact) mass is 474 g/mol. The maximum absolute atomic E-state index is 11.9. The Kier molecular flexibility index (Phi) is 7.34. The van der Waals surface area contributed by atoms with E-state index in [1.165, 1.54) is 13.4 Å². The number of imidazole rings is 1. The standard InChI is InChI=1S/C21H27N6O5P/c1-13(21(28)29-3)26-33(32-15-7-5-4-6-8-15)31-14(2)16-9-10-17(30-16)27-12-25-18-19(22)23-11-24-20(18)27/h4-8,11-14,16-17,26H,9-10H2,1-3H3,(H2,22,23,24). The lowest BCUT2D eigenvalue weighted by molar-refractivity contribution is -0.142. The maximum atomic E-state index is 11.9. The molecule has 0 amide bonds. The van der Waals surface area contributed by atoms with Crippen molar-refractivity contribution < 1.29 is 23.3 Å². The second-order valence-corrected chi connectivity index (χ2v) is 8.80. The maximum Gasteiger partial charge on any atom is 0.323 e. The summed E-state index contributed by atoms with van der Waals surface area (Å²) >= 11 is 0. The van der Waals surface area contributed by atoms with Crippen LogP contribution in [-0.4, -0.2) is 50.8 Å². The van der Waals surface area contributed by atoms with Crippen molar-refractivity contribution in [2.45, 2.75) is 51.2 Å². The van der Waals surface area contributed by atoms with Crippen molar-refractivity contribution in [3.05, 3.63) is 43.0 Å². The first-order chi connectivity index (χ1) is 16.0. The van der Waals surface area contributed by atoms with Crippen molar-refractivity contribution >= 4 is 31.5 Å². The summed E-state index contributed by atoms with van der Waals surface area (Å²) in [4.78, 5) is 24.5. The van der Waals surface area contributed by atoms with Gasteiger partial charge >= 0.3 is 14.5 Å². The number of anilines is 1. The van der Waals surface area contributed by atoms with Gasteiger partial charge in [-0.2, -0.15) is 0 Å². The second-order valence-electron chi connectivity index (χ2n) is 7.64. The molecule has 2 aromatic heterocycles. The Labute approximate surface area is 192 Å². The largest absolute Gasteiger partial charge is 0.468 e.